The second-order valence-electron chi connectivity index (χ2n) is 5.40. The summed E-state index contributed by atoms with van der Waals surface area (Å²) in [5.41, 5.74) is 10.9. The van der Waals surface area contributed by atoms with Crippen LogP contribution in [0.1, 0.15) is 52.3 Å². The average molecular weight is 303 g/mol. The highest BCUT2D eigenvalue weighted by Crippen LogP contribution is 2.18. The molecule has 1 unspecified atom stereocenters. The molecule has 1 amide bonds. The monoisotopic (exact) mass is 303 g/mol. The van der Waals surface area contributed by atoms with Gasteiger partial charge in [0, 0.05) is 12.6 Å². The molecular weight excluding hydrogens is 282 g/mol. The van der Waals surface area contributed by atoms with Crippen LogP contribution in [-0.2, 0) is 0 Å². The van der Waals surface area contributed by atoms with E-state index in [1.54, 1.807) is 5.51 Å². The number of nitrogens with two attached hydrogens (primary N) is 1. The normalized spacial score (nSPS) is 12.4. The standard InChI is InChI=1S/C16H21N3OS/c1-10(2)12-4-6-13(7-5-12)14(17)8-18-16(20)15-11(3)19-9-21-15/h4-7,9-10,14H,8,17H2,1-3H3,(H,18,20). The minimum absolute atomic E-state index is 0.107. The first-order valence-electron chi connectivity index (χ1n) is 7.02. The number of thiazole rings is 1. The van der Waals surface area contributed by atoms with Crippen LogP contribution >= 0.6 is 11.3 Å². The smallest absolute Gasteiger partial charge is 0.263 e. The lowest BCUT2D eigenvalue weighted by Gasteiger charge is -2.14. The van der Waals surface area contributed by atoms with Crippen molar-refractivity contribution >= 4 is 17.2 Å². The molecule has 1 aromatic carbocycles. The molecule has 3 N–H and O–H groups in total. The lowest BCUT2D eigenvalue weighted by molar-refractivity contribution is 0.0954. The zero-order valence-corrected chi connectivity index (χ0v) is 13.4. The van der Waals surface area contributed by atoms with E-state index in [2.05, 4.69) is 36.3 Å². The summed E-state index contributed by atoms with van der Waals surface area (Å²) in [6.07, 6.45) is 0. The summed E-state index contributed by atoms with van der Waals surface area (Å²) in [6.45, 7) is 6.56. The van der Waals surface area contributed by atoms with Crippen molar-refractivity contribution < 1.29 is 4.79 Å². The molecular formula is C16H21N3OS. The fourth-order valence-corrected chi connectivity index (χ4v) is 2.77. The van der Waals surface area contributed by atoms with Crippen molar-refractivity contribution in [1.29, 1.82) is 0 Å². The lowest BCUT2D eigenvalue weighted by Crippen LogP contribution is -2.31. The highest BCUT2D eigenvalue weighted by molar-refractivity contribution is 7.11. The van der Waals surface area contributed by atoms with E-state index in [0.29, 0.717) is 17.3 Å². The van der Waals surface area contributed by atoms with Gasteiger partial charge in [0.1, 0.15) is 4.88 Å². The summed E-state index contributed by atoms with van der Waals surface area (Å²) in [6, 6.07) is 8.04. The van der Waals surface area contributed by atoms with Gasteiger partial charge in [0.15, 0.2) is 0 Å². The van der Waals surface area contributed by atoms with Gasteiger partial charge in [-0.15, -0.1) is 11.3 Å². The summed E-state index contributed by atoms with van der Waals surface area (Å²) in [7, 11) is 0. The predicted molar refractivity (Wildman–Crippen MR) is 86.6 cm³/mol. The molecule has 0 saturated heterocycles. The SMILES string of the molecule is Cc1ncsc1C(=O)NCC(N)c1ccc(C(C)C)cc1. The van der Waals surface area contributed by atoms with Crippen molar-refractivity contribution in [2.24, 2.45) is 5.73 Å². The number of amides is 1. The van der Waals surface area contributed by atoms with Gasteiger partial charge in [0.25, 0.3) is 5.91 Å². The number of nitrogens with zero attached hydrogens (tertiary/aromatic N) is 1. The molecule has 0 spiro atoms. The Morgan fingerprint density at radius 1 is 1.29 bits per heavy atom. The fraction of sp³-hybridized carbons (Fsp3) is 0.375. The van der Waals surface area contributed by atoms with Gasteiger partial charge in [0.05, 0.1) is 11.2 Å². The minimum atomic E-state index is -0.205. The molecule has 0 aliphatic rings. The number of nitrogens with one attached hydrogen (secondary N) is 1. The molecule has 1 aromatic heterocycles. The van der Waals surface area contributed by atoms with Gasteiger partial charge in [-0.2, -0.15) is 0 Å². The summed E-state index contributed by atoms with van der Waals surface area (Å²) >= 11 is 1.35. The van der Waals surface area contributed by atoms with Gasteiger partial charge in [-0.05, 0) is 24.0 Å². The third-order valence-electron chi connectivity index (χ3n) is 3.47. The Kier molecular flexibility index (Phi) is 5.09. The van der Waals surface area contributed by atoms with Crippen molar-refractivity contribution in [1.82, 2.24) is 10.3 Å². The molecule has 0 aliphatic carbocycles. The van der Waals surface area contributed by atoms with E-state index in [4.69, 9.17) is 5.73 Å². The summed E-state index contributed by atoms with van der Waals surface area (Å²) < 4.78 is 0. The molecule has 4 nitrogen and oxygen atoms in total. The highest BCUT2D eigenvalue weighted by Gasteiger charge is 2.13. The molecule has 1 heterocycles. The van der Waals surface area contributed by atoms with Crippen LogP contribution in [0.5, 0.6) is 0 Å². The van der Waals surface area contributed by atoms with Gasteiger partial charge < -0.3 is 11.1 Å². The Bertz CT molecular complexity index is 604. The van der Waals surface area contributed by atoms with Crippen molar-refractivity contribution in [3.63, 3.8) is 0 Å². The Labute approximate surface area is 129 Å². The van der Waals surface area contributed by atoms with Crippen molar-refractivity contribution in [3.05, 3.63) is 51.5 Å². The topological polar surface area (TPSA) is 68.0 Å². The average Bonchev–Trinajstić information content (AvgIpc) is 2.90. The number of aromatic nitrogens is 1. The van der Waals surface area contributed by atoms with Crippen LogP contribution in [0.4, 0.5) is 0 Å². The van der Waals surface area contributed by atoms with Crippen LogP contribution in [0, 0.1) is 6.92 Å². The molecule has 21 heavy (non-hydrogen) atoms. The second-order valence-corrected chi connectivity index (χ2v) is 6.26. The largest absolute Gasteiger partial charge is 0.349 e. The summed E-state index contributed by atoms with van der Waals surface area (Å²) in [5, 5.41) is 2.87. The fourth-order valence-electron chi connectivity index (χ4n) is 2.05. The van der Waals surface area contributed by atoms with E-state index in [9.17, 15) is 4.79 Å². The number of hydrogen-bond donors (Lipinski definition) is 2. The molecule has 1 atom stereocenters. The van der Waals surface area contributed by atoms with Crippen molar-refractivity contribution in [3.8, 4) is 0 Å². The number of hydrogen-bond acceptors (Lipinski definition) is 4. The third kappa shape index (κ3) is 3.89. The molecule has 112 valence electrons. The first kappa shape index (κ1) is 15.7. The maximum absolute atomic E-state index is 12.0. The van der Waals surface area contributed by atoms with Crippen LogP contribution in [0.3, 0.4) is 0 Å². The first-order chi connectivity index (χ1) is 9.99. The molecule has 0 aliphatic heterocycles. The number of rotatable bonds is 5. The number of aryl methyl sites for hydroxylation is 1. The van der Waals surface area contributed by atoms with E-state index in [0.717, 1.165) is 11.3 Å². The van der Waals surface area contributed by atoms with Crippen molar-refractivity contribution in [2.75, 3.05) is 6.54 Å². The van der Waals surface area contributed by atoms with E-state index in [-0.39, 0.29) is 11.9 Å². The number of benzene rings is 1. The molecule has 2 aromatic rings. The molecule has 0 saturated carbocycles. The van der Waals surface area contributed by atoms with Gasteiger partial charge in [-0.3, -0.25) is 4.79 Å². The van der Waals surface area contributed by atoms with Crippen LogP contribution in [0.15, 0.2) is 29.8 Å². The van der Waals surface area contributed by atoms with E-state index in [1.165, 1.54) is 16.9 Å². The number of carbonyl (C=O) groups is 1. The minimum Gasteiger partial charge on any atom is -0.349 e. The predicted octanol–water partition coefficient (Wildman–Crippen LogP) is 3.00. The molecule has 0 bridgehead atoms. The molecule has 0 fully saturated rings. The van der Waals surface area contributed by atoms with Gasteiger partial charge in [-0.25, -0.2) is 4.98 Å². The van der Waals surface area contributed by atoms with Gasteiger partial charge in [-0.1, -0.05) is 38.1 Å². The van der Waals surface area contributed by atoms with Crippen LogP contribution in [0.2, 0.25) is 0 Å². The molecule has 0 radical (unpaired) electrons. The first-order valence-corrected chi connectivity index (χ1v) is 7.90. The zero-order valence-electron chi connectivity index (χ0n) is 12.6. The van der Waals surface area contributed by atoms with Crippen LogP contribution in [0.25, 0.3) is 0 Å². The molecule has 2 rings (SSSR count). The quantitative estimate of drug-likeness (QED) is 0.892. The van der Waals surface area contributed by atoms with Crippen LogP contribution < -0.4 is 11.1 Å². The Hall–Kier alpha value is -1.72. The summed E-state index contributed by atoms with van der Waals surface area (Å²) in [5.74, 6) is 0.397. The lowest BCUT2D eigenvalue weighted by atomic mass is 9.99. The van der Waals surface area contributed by atoms with Gasteiger partial charge in [0.2, 0.25) is 0 Å². The summed E-state index contributed by atoms with van der Waals surface area (Å²) in [4.78, 5) is 16.7. The second kappa shape index (κ2) is 6.83. The van der Waals surface area contributed by atoms with E-state index < -0.39 is 0 Å². The molecule has 5 heteroatoms. The van der Waals surface area contributed by atoms with E-state index in [1.807, 2.05) is 19.1 Å². The van der Waals surface area contributed by atoms with Gasteiger partial charge >= 0.3 is 0 Å². The van der Waals surface area contributed by atoms with Crippen LogP contribution in [-0.4, -0.2) is 17.4 Å². The maximum atomic E-state index is 12.0. The third-order valence-corrected chi connectivity index (χ3v) is 4.39. The van der Waals surface area contributed by atoms with Crippen molar-refractivity contribution in [2.45, 2.75) is 32.7 Å². The maximum Gasteiger partial charge on any atom is 0.263 e. The Morgan fingerprint density at radius 3 is 2.43 bits per heavy atom. The van der Waals surface area contributed by atoms with E-state index >= 15 is 0 Å². The zero-order chi connectivity index (χ0) is 15.4. The number of carbonyl (C=O) groups excluding carboxylic acids is 1. The highest BCUT2D eigenvalue weighted by atomic mass is 32.1. The Morgan fingerprint density at radius 2 is 1.90 bits per heavy atom. The Balaban J connectivity index is 1.94.